The van der Waals surface area contributed by atoms with E-state index in [0.29, 0.717) is 6.42 Å². The van der Waals surface area contributed by atoms with E-state index in [4.69, 9.17) is 12.2 Å². The monoisotopic (exact) mass is 214 g/mol. The van der Waals surface area contributed by atoms with Gasteiger partial charge in [0.25, 0.3) is 0 Å². The van der Waals surface area contributed by atoms with E-state index in [-0.39, 0.29) is 5.91 Å². The molecule has 0 aliphatic heterocycles. The second-order valence-electron chi connectivity index (χ2n) is 3.65. The van der Waals surface area contributed by atoms with Gasteiger partial charge in [-0.05, 0) is 32.3 Å². The van der Waals surface area contributed by atoms with Crippen LogP contribution in [0.4, 0.5) is 0 Å². The Morgan fingerprint density at radius 2 is 2.29 bits per heavy atom. The zero-order chi connectivity index (χ0) is 11.2. The molecule has 0 aromatic heterocycles. The molecule has 0 aromatic rings. The van der Waals surface area contributed by atoms with Crippen LogP contribution in [0.5, 0.6) is 0 Å². The van der Waals surface area contributed by atoms with E-state index >= 15 is 0 Å². The molecule has 4 heteroatoms. The third kappa shape index (κ3) is 5.15. The van der Waals surface area contributed by atoms with Crippen LogP contribution in [-0.2, 0) is 4.79 Å². The molecule has 1 atom stereocenters. The molecular weight excluding hydrogens is 196 g/mol. The van der Waals surface area contributed by atoms with Gasteiger partial charge in [0, 0.05) is 0 Å². The third-order valence-corrected chi connectivity index (χ3v) is 2.41. The third-order valence-electron chi connectivity index (χ3n) is 1.77. The predicted octanol–water partition coefficient (Wildman–Crippen LogP) is 0.595. The molecule has 3 nitrogen and oxygen atoms in total. The first-order valence-corrected chi connectivity index (χ1v) is 5.86. The van der Waals surface area contributed by atoms with Crippen LogP contribution in [-0.4, -0.2) is 29.5 Å². The maximum atomic E-state index is 11.5. The summed E-state index contributed by atoms with van der Waals surface area (Å²) in [4.78, 5) is 11.5. The van der Waals surface area contributed by atoms with Gasteiger partial charge in [-0.15, -0.1) is 6.42 Å². The quantitative estimate of drug-likeness (QED) is 0.659. The van der Waals surface area contributed by atoms with E-state index in [0.717, 1.165) is 5.75 Å². The number of hydrogen-bond donors (Lipinski definition) is 2. The Morgan fingerprint density at radius 3 is 2.71 bits per heavy atom. The van der Waals surface area contributed by atoms with Crippen molar-refractivity contribution in [2.75, 3.05) is 12.0 Å². The second-order valence-corrected chi connectivity index (χ2v) is 4.63. The van der Waals surface area contributed by atoms with Gasteiger partial charge >= 0.3 is 0 Å². The highest BCUT2D eigenvalue weighted by molar-refractivity contribution is 7.98. The van der Waals surface area contributed by atoms with Crippen LogP contribution in [0.1, 0.15) is 20.3 Å². The van der Waals surface area contributed by atoms with Crippen LogP contribution in [0.2, 0.25) is 0 Å². The summed E-state index contributed by atoms with van der Waals surface area (Å²) in [6.45, 7) is 3.54. The number of carbonyl (C=O) groups is 1. The number of thioether (sulfide) groups is 1. The minimum Gasteiger partial charge on any atom is -0.339 e. The first-order chi connectivity index (χ1) is 6.43. The lowest BCUT2D eigenvalue weighted by molar-refractivity contribution is -0.123. The number of nitrogens with one attached hydrogen (secondary N) is 1. The molecule has 0 saturated carbocycles. The molecule has 0 saturated heterocycles. The lowest BCUT2D eigenvalue weighted by atomic mass is 10.1. The Labute approximate surface area is 90.2 Å². The lowest BCUT2D eigenvalue weighted by Gasteiger charge is -2.22. The van der Waals surface area contributed by atoms with E-state index in [9.17, 15) is 4.79 Å². The van der Waals surface area contributed by atoms with Crippen molar-refractivity contribution in [3.8, 4) is 12.3 Å². The molecule has 0 spiro atoms. The summed E-state index contributed by atoms with van der Waals surface area (Å²) in [6.07, 6.45) is 7.90. The summed E-state index contributed by atoms with van der Waals surface area (Å²) in [6, 6.07) is -0.463. The molecule has 0 rings (SSSR count). The number of carbonyl (C=O) groups excluding carboxylic acids is 1. The summed E-state index contributed by atoms with van der Waals surface area (Å²) in [5.41, 5.74) is 5.05. The molecule has 0 aliphatic carbocycles. The number of nitrogens with two attached hydrogens (primary N) is 1. The average Bonchev–Trinajstić information content (AvgIpc) is 2.13. The normalized spacial score (nSPS) is 13.1. The Balaban J connectivity index is 4.03. The minimum atomic E-state index is -0.617. The van der Waals surface area contributed by atoms with Crippen molar-refractivity contribution in [1.29, 1.82) is 0 Å². The van der Waals surface area contributed by atoms with Gasteiger partial charge in [-0.1, -0.05) is 5.92 Å². The molecule has 0 radical (unpaired) electrons. The maximum Gasteiger partial charge on any atom is 0.238 e. The molecule has 0 unspecified atom stereocenters. The molecule has 0 heterocycles. The number of rotatable bonds is 5. The second kappa shape index (κ2) is 5.94. The molecule has 0 bridgehead atoms. The molecule has 3 N–H and O–H groups in total. The highest BCUT2D eigenvalue weighted by atomic mass is 32.2. The first-order valence-electron chi connectivity index (χ1n) is 4.47. The van der Waals surface area contributed by atoms with E-state index in [1.165, 1.54) is 0 Å². The summed E-state index contributed by atoms with van der Waals surface area (Å²) in [7, 11) is 0. The summed E-state index contributed by atoms with van der Waals surface area (Å²) >= 11 is 1.67. The van der Waals surface area contributed by atoms with Crippen molar-refractivity contribution < 1.29 is 4.79 Å². The summed E-state index contributed by atoms with van der Waals surface area (Å²) < 4.78 is 0. The molecule has 80 valence electrons. The predicted molar refractivity (Wildman–Crippen MR) is 62.0 cm³/mol. The van der Waals surface area contributed by atoms with Gasteiger partial charge < -0.3 is 11.1 Å². The van der Waals surface area contributed by atoms with Gasteiger partial charge in [0.2, 0.25) is 5.91 Å². The fourth-order valence-corrected chi connectivity index (χ4v) is 1.30. The number of hydrogen-bond acceptors (Lipinski definition) is 3. The Kier molecular flexibility index (Phi) is 5.66. The molecule has 0 aromatic carbocycles. The molecule has 0 aliphatic rings. The molecule has 14 heavy (non-hydrogen) atoms. The standard InChI is InChI=1S/C10H18N2OS/c1-5-10(2,3)12-9(13)8(11)6-7-14-4/h1,8H,6-7,11H2,2-4H3,(H,12,13)/t8-/m0/s1. The summed E-state index contributed by atoms with van der Waals surface area (Å²) in [5.74, 6) is 3.19. The maximum absolute atomic E-state index is 11.5. The fraction of sp³-hybridized carbons (Fsp3) is 0.700. The van der Waals surface area contributed by atoms with Crippen molar-refractivity contribution >= 4 is 17.7 Å². The van der Waals surface area contributed by atoms with E-state index in [2.05, 4.69) is 11.2 Å². The van der Waals surface area contributed by atoms with Crippen LogP contribution < -0.4 is 11.1 Å². The van der Waals surface area contributed by atoms with Gasteiger partial charge in [-0.2, -0.15) is 11.8 Å². The lowest BCUT2D eigenvalue weighted by Crippen LogP contribution is -2.49. The highest BCUT2D eigenvalue weighted by Gasteiger charge is 2.20. The smallest absolute Gasteiger partial charge is 0.238 e. The number of amides is 1. The zero-order valence-corrected chi connectivity index (χ0v) is 9.78. The topological polar surface area (TPSA) is 55.1 Å². The fourth-order valence-electron chi connectivity index (χ4n) is 0.813. The van der Waals surface area contributed by atoms with Crippen LogP contribution in [0, 0.1) is 12.3 Å². The van der Waals surface area contributed by atoms with Gasteiger partial charge in [0.05, 0.1) is 11.6 Å². The average molecular weight is 214 g/mol. The van der Waals surface area contributed by atoms with E-state index in [1.807, 2.05) is 6.26 Å². The van der Waals surface area contributed by atoms with Crippen LogP contribution in [0.15, 0.2) is 0 Å². The van der Waals surface area contributed by atoms with E-state index < -0.39 is 11.6 Å². The Hall–Kier alpha value is -0.660. The Bertz CT molecular complexity index is 233. The van der Waals surface area contributed by atoms with Crippen molar-refractivity contribution in [2.24, 2.45) is 5.73 Å². The van der Waals surface area contributed by atoms with Crippen LogP contribution in [0.3, 0.4) is 0 Å². The zero-order valence-electron chi connectivity index (χ0n) is 8.96. The number of terminal acetylenes is 1. The van der Waals surface area contributed by atoms with Crippen molar-refractivity contribution in [2.45, 2.75) is 31.8 Å². The first kappa shape index (κ1) is 13.3. The summed E-state index contributed by atoms with van der Waals surface area (Å²) in [5, 5.41) is 2.71. The largest absolute Gasteiger partial charge is 0.339 e. The minimum absolute atomic E-state index is 0.179. The molecular formula is C10H18N2OS. The van der Waals surface area contributed by atoms with Gasteiger partial charge in [0.1, 0.15) is 0 Å². The van der Waals surface area contributed by atoms with Gasteiger partial charge in [0.15, 0.2) is 0 Å². The van der Waals surface area contributed by atoms with Crippen LogP contribution >= 0.6 is 11.8 Å². The van der Waals surface area contributed by atoms with Gasteiger partial charge in [-0.3, -0.25) is 4.79 Å². The Morgan fingerprint density at radius 1 is 1.71 bits per heavy atom. The molecule has 1 amide bonds. The SMILES string of the molecule is C#CC(C)(C)NC(=O)[C@@H](N)CCSC. The highest BCUT2D eigenvalue weighted by Crippen LogP contribution is 2.02. The van der Waals surface area contributed by atoms with Crippen molar-refractivity contribution in [1.82, 2.24) is 5.32 Å². The van der Waals surface area contributed by atoms with Crippen molar-refractivity contribution in [3.63, 3.8) is 0 Å². The van der Waals surface area contributed by atoms with E-state index in [1.54, 1.807) is 25.6 Å². The van der Waals surface area contributed by atoms with Crippen LogP contribution in [0.25, 0.3) is 0 Å². The van der Waals surface area contributed by atoms with Gasteiger partial charge in [-0.25, -0.2) is 0 Å². The van der Waals surface area contributed by atoms with Crippen molar-refractivity contribution in [3.05, 3.63) is 0 Å². The molecule has 0 fully saturated rings.